The lowest BCUT2D eigenvalue weighted by Gasteiger charge is -2.28. The zero-order chi connectivity index (χ0) is 22.1. The highest BCUT2D eigenvalue weighted by molar-refractivity contribution is 5.96. The molecule has 0 bridgehead atoms. The molecule has 0 atom stereocenters. The van der Waals surface area contributed by atoms with Crippen molar-refractivity contribution in [2.45, 2.75) is 19.4 Å². The van der Waals surface area contributed by atoms with Gasteiger partial charge in [0.25, 0.3) is 11.8 Å². The molecule has 0 saturated carbocycles. The van der Waals surface area contributed by atoms with Crippen molar-refractivity contribution in [3.05, 3.63) is 60.2 Å². The standard InChI is InChI=1S/C22H23N3O5/c1-22(2,15-23)25(3)19(26)14-29-20(27)13-24-21(28)16-9-11-18(12-10-16)30-17-7-5-4-6-8-17/h4-12H,13-14H2,1-3H3,(H,24,28). The monoisotopic (exact) mass is 409 g/mol. The summed E-state index contributed by atoms with van der Waals surface area (Å²) in [5, 5.41) is 11.5. The first-order valence-electron chi connectivity index (χ1n) is 9.17. The highest BCUT2D eigenvalue weighted by atomic mass is 16.5. The number of para-hydroxylation sites is 1. The summed E-state index contributed by atoms with van der Waals surface area (Å²) in [5.74, 6) is -0.498. The fraction of sp³-hybridized carbons (Fsp3) is 0.273. The van der Waals surface area contributed by atoms with Gasteiger partial charge in [-0.25, -0.2) is 0 Å². The van der Waals surface area contributed by atoms with Gasteiger partial charge in [-0.1, -0.05) is 18.2 Å². The van der Waals surface area contributed by atoms with Crippen LogP contribution in [0.3, 0.4) is 0 Å². The van der Waals surface area contributed by atoms with Gasteiger partial charge in [-0.05, 0) is 50.2 Å². The van der Waals surface area contributed by atoms with E-state index < -0.39 is 29.9 Å². The fourth-order valence-corrected chi connectivity index (χ4v) is 2.23. The van der Waals surface area contributed by atoms with Crippen LogP contribution in [0.15, 0.2) is 54.6 Å². The third-order valence-electron chi connectivity index (χ3n) is 4.33. The van der Waals surface area contributed by atoms with Gasteiger partial charge < -0.3 is 19.7 Å². The van der Waals surface area contributed by atoms with Crippen LogP contribution in [0.1, 0.15) is 24.2 Å². The molecule has 8 heteroatoms. The van der Waals surface area contributed by atoms with Crippen molar-refractivity contribution < 1.29 is 23.9 Å². The van der Waals surface area contributed by atoms with Crippen LogP contribution in [0.5, 0.6) is 11.5 Å². The average molecular weight is 409 g/mol. The molecule has 0 aliphatic carbocycles. The lowest BCUT2D eigenvalue weighted by Crippen LogP contribution is -2.46. The number of likely N-dealkylation sites (N-methyl/N-ethyl adjacent to an activating group) is 1. The minimum atomic E-state index is -1.02. The van der Waals surface area contributed by atoms with Crippen LogP contribution in [-0.4, -0.2) is 48.4 Å². The number of carbonyl (C=O) groups is 3. The predicted octanol–water partition coefficient (Wildman–Crippen LogP) is 2.51. The number of hydrogen-bond donors (Lipinski definition) is 1. The lowest BCUT2D eigenvalue weighted by atomic mass is 10.1. The number of esters is 1. The van der Waals surface area contributed by atoms with Gasteiger partial charge in [0.15, 0.2) is 6.61 Å². The van der Waals surface area contributed by atoms with Crippen LogP contribution in [0, 0.1) is 11.3 Å². The van der Waals surface area contributed by atoms with Gasteiger partial charge in [-0.15, -0.1) is 0 Å². The molecule has 2 aromatic rings. The molecule has 30 heavy (non-hydrogen) atoms. The Morgan fingerprint density at radius 2 is 1.63 bits per heavy atom. The van der Waals surface area contributed by atoms with E-state index in [1.54, 1.807) is 38.1 Å². The Morgan fingerprint density at radius 3 is 2.23 bits per heavy atom. The third-order valence-corrected chi connectivity index (χ3v) is 4.33. The highest BCUT2D eigenvalue weighted by Gasteiger charge is 2.27. The van der Waals surface area contributed by atoms with E-state index in [-0.39, 0.29) is 6.54 Å². The highest BCUT2D eigenvalue weighted by Crippen LogP contribution is 2.21. The zero-order valence-electron chi connectivity index (χ0n) is 17.0. The second-order valence-electron chi connectivity index (χ2n) is 6.91. The number of rotatable bonds is 8. The van der Waals surface area contributed by atoms with Crippen molar-refractivity contribution in [3.8, 4) is 17.6 Å². The summed E-state index contributed by atoms with van der Waals surface area (Å²) in [6.07, 6.45) is 0. The molecule has 156 valence electrons. The number of amides is 2. The van der Waals surface area contributed by atoms with Crippen molar-refractivity contribution in [2.75, 3.05) is 20.2 Å². The Bertz CT molecular complexity index is 933. The maximum atomic E-state index is 12.2. The van der Waals surface area contributed by atoms with Crippen LogP contribution in [0.2, 0.25) is 0 Å². The first-order valence-corrected chi connectivity index (χ1v) is 9.17. The quantitative estimate of drug-likeness (QED) is 0.671. The largest absolute Gasteiger partial charge is 0.457 e. The van der Waals surface area contributed by atoms with Crippen LogP contribution in [-0.2, 0) is 14.3 Å². The van der Waals surface area contributed by atoms with Crippen LogP contribution < -0.4 is 10.1 Å². The maximum Gasteiger partial charge on any atom is 0.325 e. The number of nitriles is 1. The minimum Gasteiger partial charge on any atom is -0.457 e. The Labute approximate surface area is 175 Å². The first kappa shape index (κ1) is 22.4. The van der Waals surface area contributed by atoms with Gasteiger partial charge in [0.1, 0.15) is 23.6 Å². The molecule has 1 N–H and O–H groups in total. The lowest BCUT2D eigenvalue weighted by molar-refractivity contribution is -0.152. The molecule has 2 amide bonds. The molecule has 0 aromatic heterocycles. The number of nitrogens with zero attached hydrogens (tertiary/aromatic N) is 2. The zero-order valence-corrected chi connectivity index (χ0v) is 17.0. The van der Waals surface area contributed by atoms with Gasteiger partial charge in [0, 0.05) is 12.6 Å². The first-order chi connectivity index (χ1) is 14.2. The Hall–Kier alpha value is -3.86. The van der Waals surface area contributed by atoms with Crippen molar-refractivity contribution in [1.29, 1.82) is 5.26 Å². The number of nitrogens with one attached hydrogen (secondary N) is 1. The van der Waals surface area contributed by atoms with Crippen LogP contribution in [0.4, 0.5) is 0 Å². The smallest absolute Gasteiger partial charge is 0.325 e. The fourth-order valence-electron chi connectivity index (χ4n) is 2.23. The van der Waals surface area contributed by atoms with Crippen LogP contribution in [0.25, 0.3) is 0 Å². The van der Waals surface area contributed by atoms with E-state index >= 15 is 0 Å². The van der Waals surface area contributed by atoms with Crippen molar-refractivity contribution in [3.63, 3.8) is 0 Å². The molecular formula is C22H23N3O5. The van der Waals surface area contributed by atoms with Gasteiger partial charge in [-0.2, -0.15) is 5.26 Å². The summed E-state index contributed by atoms with van der Waals surface area (Å²) in [7, 11) is 1.45. The van der Waals surface area contributed by atoms with Crippen LogP contribution >= 0.6 is 0 Å². The Balaban J connectivity index is 1.79. The van der Waals surface area contributed by atoms with Gasteiger partial charge in [0.2, 0.25) is 0 Å². The Morgan fingerprint density at radius 1 is 1.03 bits per heavy atom. The molecule has 0 saturated heterocycles. The number of benzene rings is 2. The van der Waals surface area contributed by atoms with E-state index in [9.17, 15) is 14.4 Å². The topological polar surface area (TPSA) is 109 Å². The van der Waals surface area contributed by atoms with E-state index in [4.69, 9.17) is 14.7 Å². The summed E-state index contributed by atoms with van der Waals surface area (Å²) in [4.78, 5) is 37.1. The average Bonchev–Trinajstić information content (AvgIpc) is 2.76. The van der Waals surface area contributed by atoms with E-state index in [1.807, 2.05) is 36.4 Å². The summed E-state index contributed by atoms with van der Waals surface area (Å²) >= 11 is 0. The third kappa shape index (κ3) is 6.34. The summed E-state index contributed by atoms with van der Waals surface area (Å²) in [5.41, 5.74) is -0.677. The molecule has 8 nitrogen and oxygen atoms in total. The molecule has 0 spiro atoms. The maximum absolute atomic E-state index is 12.2. The molecule has 0 aliphatic rings. The number of ether oxygens (including phenoxy) is 2. The minimum absolute atomic E-state index is 0.342. The summed E-state index contributed by atoms with van der Waals surface area (Å²) < 4.78 is 10.5. The molecular weight excluding hydrogens is 386 g/mol. The van der Waals surface area contributed by atoms with Gasteiger partial charge in [-0.3, -0.25) is 14.4 Å². The molecule has 0 fully saturated rings. The number of hydrogen-bond acceptors (Lipinski definition) is 6. The molecule has 2 rings (SSSR count). The van der Waals surface area contributed by atoms with E-state index in [0.29, 0.717) is 17.1 Å². The van der Waals surface area contributed by atoms with E-state index in [2.05, 4.69) is 5.32 Å². The van der Waals surface area contributed by atoms with E-state index in [0.717, 1.165) is 0 Å². The molecule has 0 heterocycles. The molecule has 0 aliphatic heterocycles. The van der Waals surface area contributed by atoms with Gasteiger partial charge in [0.05, 0.1) is 6.07 Å². The molecule has 0 unspecified atom stereocenters. The van der Waals surface area contributed by atoms with E-state index in [1.165, 1.54) is 11.9 Å². The summed E-state index contributed by atoms with van der Waals surface area (Å²) in [6, 6.07) is 17.6. The predicted molar refractivity (Wildman–Crippen MR) is 109 cm³/mol. The molecule has 0 radical (unpaired) electrons. The second kappa shape index (κ2) is 10.1. The van der Waals surface area contributed by atoms with Crippen molar-refractivity contribution >= 4 is 17.8 Å². The Kier molecular flexibility index (Phi) is 7.53. The SMILES string of the molecule is CN(C(=O)COC(=O)CNC(=O)c1ccc(Oc2ccccc2)cc1)C(C)(C)C#N. The molecule has 2 aromatic carbocycles. The van der Waals surface area contributed by atoms with Crippen molar-refractivity contribution in [1.82, 2.24) is 10.2 Å². The summed E-state index contributed by atoms with van der Waals surface area (Å²) in [6.45, 7) is 2.24. The number of carbonyl (C=O) groups excluding carboxylic acids is 3. The van der Waals surface area contributed by atoms with Gasteiger partial charge >= 0.3 is 5.97 Å². The van der Waals surface area contributed by atoms with Crippen molar-refractivity contribution in [2.24, 2.45) is 0 Å². The second-order valence-corrected chi connectivity index (χ2v) is 6.91. The normalized spacial score (nSPS) is 10.5.